The van der Waals surface area contributed by atoms with Gasteiger partial charge < -0.3 is 0 Å². The Morgan fingerprint density at radius 2 is 1.91 bits per heavy atom. The van der Waals surface area contributed by atoms with Crippen molar-refractivity contribution in [2.24, 2.45) is 0 Å². The molecule has 1 aliphatic rings. The Kier molecular flexibility index (Phi) is 3.54. The second kappa shape index (κ2) is 4.02. The molecular formula is C5H11NO2S3. The highest BCUT2D eigenvalue weighted by Crippen LogP contribution is 2.22. The minimum absolute atomic E-state index is 0.152. The lowest BCUT2D eigenvalue weighted by Gasteiger charge is -2.08. The monoisotopic (exact) mass is 213 g/mol. The summed E-state index contributed by atoms with van der Waals surface area (Å²) in [5.41, 5.74) is 0. The van der Waals surface area contributed by atoms with Gasteiger partial charge in [0.05, 0.1) is 0 Å². The highest BCUT2D eigenvalue weighted by Gasteiger charge is 2.20. The van der Waals surface area contributed by atoms with Gasteiger partial charge in [-0.3, -0.25) is 0 Å². The second-order valence-corrected chi connectivity index (χ2v) is 7.03. The van der Waals surface area contributed by atoms with Gasteiger partial charge in [-0.1, -0.05) is 24.5 Å². The summed E-state index contributed by atoms with van der Waals surface area (Å²) < 4.78 is 24.4. The summed E-state index contributed by atoms with van der Waals surface area (Å²) in [7, 11) is -2.60. The van der Waals surface area contributed by atoms with Crippen molar-refractivity contribution >= 4 is 30.5 Å². The lowest BCUT2D eigenvalue weighted by Crippen LogP contribution is -2.29. The van der Waals surface area contributed by atoms with E-state index in [1.54, 1.807) is 0 Å². The molecule has 0 atom stereocenters. The van der Waals surface area contributed by atoms with Crippen LogP contribution in [0.4, 0.5) is 0 Å². The third kappa shape index (κ3) is 3.23. The van der Waals surface area contributed by atoms with Crippen LogP contribution in [0, 0.1) is 0 Å². The third-order valence-electron chi connectivity index (χ3n) is 1.76. The fraction of sp³-hybridized carbons (Fsp3) is 1.00. The molecular weight excluding hydrogens is 202 g/mol. The molecule has 0 amide bonds. The van der Waals surface area contributed by atoms with Crippen LogP contribution in [0.25, 0.3) is 0 Å². The van der Waals surface area contributed by atoms with Crippen LogP contribution >= 0.6 is 21.5 Å². The van der Waals surface area contributed by atoms with Crippen molar-refractivity contribution in [1.82, 2.24) is 4.72 Å². The molecule has 1 rings (SSSR count). The molecule has 1 aliphatic carbocycles. The molecule has 3 nitrogen and oxygen atoms in total. The molecule has 0 heterocycles. The fourth-order valence-corrected chi connectivity index (χ4v) is 2.88. The Balaban J connectivity index is 2.41. The van der Waals surface area contributed by atoms with Gasteiger partial charge >= 0.3 is 0 Å². The highest BCUT2D eigenvalue weighted by molar-refractivity contribution is 9.02. The highest BCUT2D eigenvalue weighted by atomic mass is 33.5. The van der Waals surface area contributed by atoms with Gasteiger partial charge in [-0.25, -0.2) is 4.72 Å². The number of rotatable bonds is 3. The van der Waals surface area contributed by atoms with Crippen molar-refractivity contribution in [2.75, 3.05) is 0 Å². The molecule has 1 N–H and O–H groups in total. The fourth-order valence-electron chi connectivity index (χ4n) is 1.27. The lowest BCUT2D eigenvalue weighted by molar-refractivity contribution is 0.567. The number of nitrogens with one attached hydrogen (secondary N) is 1. The molecule has 0 unspecified atom stereocenters. The van der Waals surface area contributed by atoms with Crippen molar-refractivity contribution < 1.29 is 8.42 Å². The van der Waals surface area contributed by atoms with E-state index in [4.69, 9.17) is 0 Å². The molecule has 0 aromatic heterocycles. The van der Waals surface area contributed by atoms with Gasteiger partial charge in [0, 0.05) is 15.9 Å². The van der Waals surface area contributed by atoms with Gasteiger partial charge in [0.15, 0.2) is 0 Å². The lowest BCUT2D eigenvalue weighted by atomic mass is 10.3. The van der Waals surface area contributed by atoms with Crippen LogP contribution in [-0.4, -0.2) is 14.5 Å². The van der Waals surface area contributed by atoms with Crippen molar-refractivity contribution in [3.8, 4) is 0 Å². The maximum absolute atomic E-state index is 10.9. The van der Waals surface area contributed by atoms with E-state index in [9.17, 15) is 8.42 Å². The van der Waals surface area contributed by atoms with Crippen LogP contribution in [-0.2, 0) is 9.06 Å². The summed E-state index contributed by atoms with van der Waals surface area (Å²) in [4.78, 5) is 0. The van der Waals surface area contributed by atoms with Crippen molar-refractivity contribution in [3.05, 3.63) is 0 Å². The first kappa shape index (κ1) is 9.70. The number of hydrogen-bond acceptors (Lipinski definition) is 4. The van der Waals surface area contributed by atoms with E-state index in [2.05, 4.69) is 16.4 Å². The first-order valence-corrected chi connectivity index (χ1v) is 7.36. The Labute approximate surface area is 75.6 Å². The van der Waals surface area contributed by atoms with Gasteiger partial charge in [0.2, 0.25) is 0 Å². The molecule has 0 aromatic rings. The van der Waals surface area contributed by atoms with Crippen LogP contribution in [0.2, 0.25) is 0 Å². The zero-order valence-electron chi connectivity index (χ0n) is 5.99. The summed E-state index contributed by atoms with van der Waals surface area (Å²) in [6, 6.07) is 0.152. The van der Waals surface area contributed by atoms with E-state index in [1.807, 2.05) is 0 Å². The van der Waals surface area contributed by atoms with E-state index in [1.165, 1.54) is 0 Å². The summed E-state index contributed by atoms with van der Waals surface area (Å²) in [5, 5.41) is 0. The number of hydrogen-bond donors (Lipinski definition) is 2. The topological polar surface area (TPSA) is 46.2 Å². The minimum Gasteiger partial charge on any atom is -0.202 e. The molecule has 0 aromatic carbocycles. The third-order valence-corrected chi connectivity index (χ3v) is 5.23. The van der Waals surface area contributed by atoms with Crippen LogP contribution in [0.5, 0.6) is 0 Å². The molecule has 0 aliphatic heterocycles. The smallest absolute Gasteiger partial charge is 0.202 e. The van der Waals surface area contributed by atoms with E-state index >= 15 is 0 Å². The van der Waals surface area contributed by atoms with Gasteiger partial charge in [-0.05, 0) is 12.8 Å². The van der Waals surface area contributed by atoms with Crippen LogP contribution < -0.4 is 4.72 Å². The van der Waals surface area contributed by atoms with Crippen LogP contribution in [0.3, 0.4) is 0 Å². The summed E-state index contributed by atoms with van der Waals surface area (Å²) >= 11 is 3.64. The molecule has 0 saturated heterocycles. The molecule has 66 valence electrons. The number of thiol groups is 1. The molecule has 0 radical (unpaired) electrons. The first-order chi connectivity index (χ1) is 5.14. The normalized spacial score (nSPS) is 20.8. The Morgan fingerprint density at radius 3 is 2.36 bits per heavy atom. The maximum Gasteiger partial charge on any atom is 0.275 e. The van der Waals surface area contributed by atoms with Crippen molar-refractivity contribution in [2.45, 2.75) is 31.7 Å². The van der Waals surface area contributed by atoms with Gasteiger partial charge in [-0.15, -0.1) is 0 Å². The predicted molar refractivity (Wildman–Crippen MR) is 50.9 cm³/mol. The molecule has 0 bridgehead atoms. The molecule has 1 fully saturated rings. The van der Waals surface area contributed by atoms with Crippen molar-refractivity contribution in [1.29, 1.82) is 0 Å². The first-order valence-electron chi connectivity index (χ1n) is 3.49. The van der Waals surface area contributed by atoms with Crippen LogP contribution in [0.15, 0.2) is 0 Å². The maximum atomic E-state index is 10.9. The Hall–Kier alpha value is 0.610. The largest absolute Gasteiger partial charge is 0.275 e. The predicted octanol–water partition coefficient (Wildman–Crippen LogP) is 1.34. The Morgan fingerprint density at radius 1 is 1.36 bits per heavy atom. The standard InChI is InChI=1S/C5H11NO2S3/c7-11(8,10-9)6-5-3-1-2-4-5/h5-6,9H,1-4H2. The van der Waals surface area contributed by atoms with E-state index in [0.29, 0.717) is 9.83 Å². The molecule has 1 saturated carbocycles. The van der Waals surface area contributed by atoms with Gasteiger partial charge in [0.25, 0.3) is 9.06 Å². The SMILES string of the molecule is O=S(=O)(NC1CCCC1)SS. The quantitative estimate of drug-likeness (QED) is 0.549. The zero-order chi connectivity index (χ0) is 8.32. The molecule has 6 heteroatoms. The Bertz CT molecular complexity index is 208. The van der Waals surface area contributed by atoms with Gasteiger partial charge in [-0.2, -0.15) is 8.42 Å². The zero-order valence-corrected chi connectivity index (χ0v) is 8.51. The average molecular weight is 213 g/mol. The summed E-state index contributed by atoms with van der Waals surface area (Å²) in [6.45, 7) is 0. The van der Waals surface area contributed by atoms with E-state index in [0.717, 1.165) is 25.7 Å². The van der Waals surface area contributed by atoms with Crippen LogP contribution in [0.1, 0.15) is 25.7 Å². The van der Waals surface area contributed by atoms with Gasteiger partial charge in [0.1, 0.15) is 0 Å². The van der Waals surface area contributed by atoms with Crippen molar-refractivity contribution in [3.63, 3.8) is 0 Å². The minimum atomic E-state index is -3.17. The molecule has 0 spiro atoms. The molecule has 11 heavy (non-hydrogen) atoms. The summed E-state index contributed by atoms with van der Waals surface area (Å²) in [5.74, 6) is 0. The second-order valence-electron chi connectivity index (χ2n) is 2.63. The average Bonchev–Trinajstić information content (AvgIpc) is 2.39. The summed E-state index contributed by atoms with van der Waals surface area (Å²) in [6.07, 6.45) is 4.19. The van der Waals surface area contributed by atoms with E-state index < -0.39 is 9.06 Å². The van der Waals surface area contributed by atoms with E-state index in [-0.39, 0.29) is 6.04 Å².